The number of Topliss-reactive ketones (excluding diaryl/α,β-unsaturated/α-hetero) is 1. The van der Waals surface area contributed by atoms with E-state index < -0.39 is 6.04 Å². The average molecular weight is 282 g/mol. The Morgan fingerprint density at radius 2 is 2.00 bits per heavy atom. The summed E-state index contributed by atoms with van der Waals surface area (Å²) in [4.78, 5) is 12.7. The minimum atomic E-state index is -0.442. The number of carbonyl (C=O) groups is 1. The molecule has 0 saturated carbocycles. The highest BCUT2D eigenvalue weighted by molar-refractivity contribution is 5.90. The molecular weight excluding hydrogens is 260 g/mol. The fourth-order valence-corrected chi connectivity index (χ4v) is 3.35. The van der Waals surface area contributed by atoms with Crippen LogP contribution in [-0.4, -0.2) is 24.4 Å². The van der Waals surface area contributed by atoms with Crippen LogP contribution in [-0.2, 0) is 11.2 Å². The highest BCUT2D eigenvalue weighted by Crippen LogP contribution is 2.30. The predicted octanol–water partition coefficient (Wildman–Crippen LogP) is 1.85. The molecule has 1 aromatic carbocycles. The first-order valence-corrected chi connectivity index (χ1v) is 7.67. The maximum atomic E-state index is 12.7. The van der Waals surface area contributed by atoms with Gasteiger partial charge in [0.25, 0.3) is 0 Å². The Hall–Kier alpha value is -1.71. The lowest BCUT2D eigenvalue weighted by atomic mass is 9.75. The summed E-state index contributed by atoms with van der Waals surface area (Å²) in [6.45, 7) is 0.883. The molecule has 0 bridgehead atoms. The number of benzene rings is 1. The first-order chi connectivity index (χ1) is 10.3. The maximum Gasteiger partial charge on any atom is 0.167 e. The summed E-state index contributed by atoms with van der Waals surface area (Å²) in [6.07, 6.45) is 10.2. The van der Waals surface area contributed by atoms with E-state index in [9.17, 15) is 4.79 Å². The van der Waals surface area contributed by atoms with Crippen molar-refractivity contribution >= 4 is 5.78 Å². The first-order valence-electron chi connectivity index (χ1n) is 7.67. The molecule has 0 aromatic heterocycles. The van der Waals surface area contributed by atoms with Gasteiger partial charge in [-0.15, -0.1) is 0 Å². The molecule has 3 unspecified atom stereocenters. The minimum absolute atomic E-state index is 0.133. The lowest BCUT2D eigenvalue weighted by Crippen LogP contribution is -2.55. The second-order valence-electron chi connectivity index (χ2n) is 5.93. The molecule has 3 nitrogen and oxygen atoms in total. The van der Waals surface area contributed by atoms with Crippen molar-refractivity contribution in [2.75, 3.05) is 6.54 Å². The Morgan fingerprint density at radius 3 is 2.81 bits per heavy atom. The highest BCUT2D eigenvalue weighted by atomic mass is 16.1. The summed E-state index contributed by atoms with van der Waals surface area (Å²) in [6, 6.07) is 9.39. The van der Waals surface area contributed by atoms with Crippen molar-refractivity contribution in [2.24, 2.45) is 17.6 Å². The molecule has 1 aromatic rings. The number of carbonyl (C=O) groups excluding carboxylic acids is 1. The highest BCUT2D eigenvalue weighted by Gasteiger charge is 2.37. The van der Waals surface area contributed by atoms with Crippen LogP contribution in [0.3, 0.4) is 0 Å². The summed E-state index contributed by atoms with van der Waals surface area (Å²) in [5.41, 5.74) is 7.29. The quantitative estimate of drug-likeness (QED) is 0.886. The molecule has 4 atom stereocenters. The Balaban J connectivity index is 1.69. The van der Waals surface area contributed by atoms with Crippen molar-refractivity contribution in [3.63, 3.8) is 0 Å². The van der Waals surface area contributed by atoms with E-state index in [1.54, 1.807) is 0 Å². The predicted molar refractivity (Wildman–Crippen MR) is 84.8 cm³/mol. The van der Waals surface area contributed by atoms with Crippen molar-refractivity contribution < 1.29 is 4.79 Å². The van der Waals surface area contributed by atoms with Gasteiger partial charge >= 0.3 is 0 Å². The van der Waals surface area contributed by atoms with E-state index in [1.807, 2.05) is 36.4 Å². The van der Waals surface area contributed by atoms with E-state index >= 15 is 0 Å². The molecule has 21 heavy (non-hydrogen) atoms. The molecular formula is C18H22N2O. The van der Waals surface area contributed by atoms with Gasteiger partial charge in [0.05, 0.1) is 12.1 Å². The summed E-state index contributed by atoms with van der Waals surface area (Å²) < 4.78 is 0. The first kappa shape index (κ1) is 14.2. The number of nitrogens with two attached hydrogens (primary N) is 1. The molecule has 3 rings (SSSR count). The summed E-state index contributed by atoms with van der Waals surface area (Å²) in [7, 11) is 0. The van der Waals surface area contributed by atoms with E-state index in [1.165, 1.54) is 0 Å². The fraction of sp³-hybridized carbons (Fsp3) is 0.389. The molecule has 0 spiro atoms. The number of ketones is 1. The zero-order chi connectivity index (χ0) is 14.7. The van der Waals surface area contributed by atoms with Crippen LogP contribution in [0.1, 0.15) is 12.0 Å². The van der Waals surface area contributed by atoms with Crippen LogP contribution in [0.25, 0.3) is 0 Å². The normalized spacial score (nSPS) is 28.9. The van der Waals surface area contributed by atoms with Crippen LogP contribution in [0.2, 0.25) is 0 Å². The van der Waals surface area contributed by atoms with Gasteiger partial charge in [-0.25, -0.2) is 0 Å². The molecule has 0 radical (unpaired) electrons. The number of piperidine rings is 1. The topological polar surface area (TPSA) is 55.1 Å². The monoisotopic (exact) mass is 282 g/mol. The van der Waals surface area contributed by atoms with Crippen molar-refractivity contribution in [3.05, 3.63) is 60.2 Å². The molecule has 1 saturated heterocycles. The molecule has 2 aliphatic rings. The molecule has 1 aliphatic carbocycles. The second-order valence-corrected chi connectivity index (χ2v) is 5.93. The molecule has 110 valence electrons. The Bertz CT molecular complexity index is 550. The summed E-state index contributed by atoms with van der Waals surface area (Å²) in [5, 5.41) is 3.37. The van der Waals surface area contributed by atoms with E-state index in [2.05, 4.69) is 23.5 Å². The van der Waals surface area contributed by atoms with Gasteiger partial charge in [0.15, 0.2) is 5.78 Å². The van der Waals surface area contributed by atoms with Gasteiger partial charge in [0.2, 0.25) is 0 Å². The maximum absolute atomic E-state index is 12.7. The van der Waals surface area contributed by atoms with Gasteiger partial charge in [0, 0.05) is 5.92 Å². The zero-order valence-electron chi connectivity index (χ0n) is 12.1. The molecule has 0 amide bonds. The third-order valence-corrected chi connectivity index (χ3v) is 4.49. The molecule has 3 N–H and O–H groups in total. The molecule has 1 aliphatic heterocycles. The van der Waals surface area contributed by atoms with Crippen LogP contribution >= 0.6 is 0 Å². The lowest BCUT2D eigenvalue weighted by Gasteiger charge is -2.37. The van der Waals surface area contributed by atoms with Gasteiger partial charge in [-0.1, -0.05) is 54.6 Å². The zero-order valence-corrected chi connectivity index (χ0v) is 12.1. The van der Waals surface area contributed by atoms with Crippen LogP contribution in [0.5, 0.6) is 0 Å². The average Bonchev–Trinajstić information content (AvgIpc) is 2.54. The van der Waals surface area contributed by atoms with Crippen molar-refractivity contribution in [1.82, 2.24) is 5.32 Å². The van der Waals surface area contributed by atoms with Crippen LogP contribution in [0, 0.1) is 11.8 Å². The molecule has 3 heteroatoms. The van der Waals surface area contributed by atoms with E-state index in [-0.39, 0.29) is 17.7 Å². The van der Waals surface area contributed by atoms with Crippen molar-refractivity contribution in [1.29, 1.82) is 0 Å². The second kappa shape index (κ2) is 6.37. The standard InChI is InChI=1S/C18H22N2O/c19-16(12-13-6-2-1-3-7-13)18(21)17-15-9-5-4-8-14(15)10-11-20-17/h1-9,14-17,20H,10-12,19H2/t14?,15?,16-,17?/m0/s1. The molecule has 1 fully saturated rings. The largest absolute Gasteiger partial charge is 0.321 e. The Labute approximate surface area is 125 Å². The van der Waals surface area contributed by atoms with Crippen molar-refractivity contribution in [2.45, 2.75) is 24.9 Å². The van der Waals surface area contributed by atoms with Gasteiger partial charge in [-0.3, -0.25) is 4.79 Å². The number of allylic oxidation sites excluding steroid dienone is 3. The van der Waals surface area contributed by atoms with Crippen molar-refractivity contribution in [3.8, 4) is 0 Å². The van der Waals surface area contributed by atoms with Gasteiger partial charge in [-0.05, 0) is 30.9 Å². The number of hydrogen-bond acceptors (Lipinski definition) is 3. The lowest BCUT2D eigenvalue weighted by molar-refractivity contribution is -0.124. The Morgan fingerprint density at radius 1 is 1.24 bits per heavy atom. The third-order valence-electron chi connectivity index (χ3n) is 4.49. The Kier molecular flexibility index (Phi) is 4.32. The van der Waals surface area contributed by atoms with E-state index in [0.29, 0.717) is 12.3 Å². The van der Waals surface area contributed by atoms with Gasteiger partial charge < -0.3 is 11.1 Å². The fourth-order valence-electron chi connectivity index (χ4n) is 3.35. The smallest absolute Gasteiger partial charge is 0.167 e. The van der Waals surface area contributed by atoms with E-state index in [0.717, 1.165) is 18.5 Å². The van der Waals surface area contributed by atoms with Crippen LogP contribution in [0.4, 0.5) is 0 Å². The van der Waals surface area contributed by atoms with Crippen LogP contribution in [0.15, 0.2) is 54.6 Å². The van der Waals surface area contributed by atoms with Gasteiger partial charge in [0.1, 0.15) is 0 Å². The number of fused-ring (bicyclic) bond motifs is 1. The SMILES string of the molecule is N[C@@H](Cc1ccccc1)C(=O)C1NCCC2C=CC=CC21. The number of nitrogens with one attached hydrogen (secondary N) is 1. The third kappa shape index (κ3) is 3.14. The number of hydrogen-bond donors (Lipinski definition) is 2. The summed E-state index contributed by atoms with van der Waals surface area (Å²) in [5.74, 6) is 0.848. The van der Waals surface area contributed by atoms with Gasteiger partial charge in [-0.2, -0.15) is 0 Å². The van der Waals surface area contributed by atoms with Crippen LogP contribution < -0.4 is 11.1 Å². The summed E-state index contributed by atoms with van der Waals surface area (Å²) >= 11 is 0. The van der Waals surface area contributed by atoms with E-state index in [4.69, 9.17) is 5.73 Å². The number of rotatable bonds is 4. The minimum Gasteiger partial charge on any atom is -0.321 e. The molecule has 1 heterocycles.